The lowest BCUT2D eigenvalue weighted by Crippen LogP contribution is -2.16. The van der Waals surface area contributed by atoms with Gasteiger partial charge in [-0.3, -0.25) is 9.59 Å². The van der Waals surface area contributed by atoms with E-state index in [4.69, 9.17) is 9.52 Å². The first-order chi connectivity index (χ1) is 7.90. The summed E-state index contributed by atoms with van der Waals surface area (Å²) in [4.78, 5) is 36.4. The van der Waals surface area contributed by atoms with Crippen LogP contribution in [-0.2, 0) is 16.0 Å². The average molecular weight is 239 g/mol. The van der Waals surface area contributed by atoms with Gasteiger partial charge in [0.2, 0.25) is 11.6 Å². The molecule has 0 aromatic carbocycles. The highest BCUT2D eigenvalue weighted by Gasteiger charge is 2.20. The van der Waals surface area contributed by atoms with Crippen molar-refractivity contribution in [3.05, 3.63) is 17.8 Å². The van der Waals surface area contributed by atoms with Crippen LogP contribution in [0.1, 0.15) is 36.7 Å². The fourth-order valence-electron chi connectivity index (χ4n) is 1.19. The Labute approximate surface area is 97.6 Å². The van der Waals surface area contributed by atoms with Gasteiger partial charge in [-0.05, 0) is 5.92 Å². The van der Waals surface area contributed by atoms with E-state index in [1.54, 1.807) is 0 Å². The summed E-state index contributed by atoms with van der Waals surface area (Å²) in [6.07, 6.45) is 1.10. The molecular formula is C11H13NO5. The van der Waals surface area contributed by atoms with E-state index in [-0.39, 0.29) is 5.76 Å². The summed E-state index contributed by atoms with van der Waals surface area (Å²) in [5, 5.41) is 8.35. The topological polar surface area (TPSA) is 97.5 Å². The Morgan fingerprint density at radius 3 is 2.59 bits per heavy atom. The number of hydrogen-bond acceptors (Lipinski definition) is 5. The van der Waals surface area contributed by atoms with E-state index in [0.717, 1.165) is 0 Å². The predicted molar refractivity (Wildman–Crippen MR) is 56.6 cm³/mol. The number of aromatic nitrogens is 1. The zero-order valence-corrected chi connectivity index (χ0v) is 9.60. The quantitative estimate of drug-likeness (QED) is 0.453. The van der Waals surface area contributed by atoms with Crippen molar-refractivity contribution in [1.82, 2.24) is 4.98 Å². The number of rotatable bonds is 6. The van der Waals surface area contributed by atoms with Crippen molar-refractivity contribution >= 4 is 17.5 Å². The van der Waals surface area contributed by atoms with Crippen molar-refractivity contribution in [1.29, 1.82) is 0 Å². The molecule has 0 amide bonds. The van der Waals surface area contributed by atoms with Crippen LogP contribution in [0.3, 0.4) is 0 Å². The lowest BCUT2D eigenvalue weighted by Gasteiger charge is -1.98. The second-order valence-corrected chi connectivity index (χ2v) is 4.04. The number of carbonyl (C=O) groups excluding carboxylic acids is 2. The molecule has 0 aliphatic rings. The largest absolute Gasteiger partial charge is 0.475 e. The number of nitrogens with zero attached hydrogens (tertiary/aromatic N) is 1. The van der Waals surface area contributed by atoms with Crippen molar-refractivity contribution in [2.75, 3.05) is 0 Å². The maximum atomic E-state index is 11.4. The molecule has 1 aromatic heterocycles. The molecule has 0 unspecified atom stereocenters. The van der Waals surface area contributed by atoms with E-state index in [9.17, 15) is 14.4 Å². The monoisotopic (exact) mass is 239 g/mol. The van der Waals surface area contributed by atoms with Crippen molar-refractivity contribution in [3.63, 3.8) is 0 Å². The van der Waals surface area contributed by atoms with Crippen LogP contribution in [0.4, 0.5) is 0 Å². The van der Waals surface area contributed by atoms with Crippen LogP contribution in [0.25, 0.3) is 0 Å². The Morgan fingerprint density at radius 2 is 2.06 bits per heavy atom. The molecule has 0 spiro atoms. The van der Waals surface area contributed by atoms with Gasteiger partial charge >= 0.3 is 5.97 Å². The Balaban J connectivity index is 2.67. The number of aliphatic carboxylic acids is 1. The molecule has 1 N–H and O–H groups in total. The molecule has 17 heavy (non-hydrogen) atoms. The first-order valence-electron chi connectivity index (χ1n) is 5.14. The fourth-order valence-corrected chi connectivity index (χ4v) is 1.19. The van der Waals surface area contributed by atoms with Gasteiger partial charge in [0.05, 0.1) is 12.6 Å². The van der Waals surface area contributed by atoms with Crippen LogP contribution in [0.2, 0.25) is 0 Å². The zero-order chi connectivity index (χ0) is 13.0. The Bertz CT molecular complexity index is 446. The summed E-state index contributed by atoms with van der Waals surface area (Å²) >= 11 is 0. The number of carboxylic acids is 1. The van der Waals surface area contributed by atoms with Crippen LogP contribution >= 0.6 is 0 Å². The standard InChI is InChI=1S/C11H13NO5/c1-6(2)3-10-12-5-9(17-10)7(13)4-8(14)11(15)16/h5-6H,3-4H2,1-2H3,(H,15,16). The highest BCUT2D eigenvalue weighted by atomic mass is 16.4. The molecule has 0 saturated carbocycles. The number of Topliss-reactive ketones (excluding diaryl/α,β-unsaturated/α-hetero) is 2. The molecule has 6 nitrogen and oxygen atoms in total. The predicted octanol–water partition coefficient (Wildman–Crippen LogP) is 1.10. The van der Waals surface area contributed by atoms with Crippen molar-refractivity contribution in [2.24, 2.45) is 5.92 Å². The molecule has 0 atom stereocenters. The molecule has 1 rings (SSSR count). The molecule has 6 heteroatoms. The summed E-state index contributed by atoms with van der Waals surface area (Å²) in [5.41, 5.74) is 0. The third-order valence-corrected chi connectivity index (χ3v) is 1.97. The van der Waals surface area contributed by atoms with Gasteiger partial charge in [0.15, 0.2) is 11.7 Å². The maximum absolute atomic E-state index is 11.4. The molecule has 0 radical (unpaired) electrons. The minimum Gasteiger partial charge on any atom is -0.475 e. The minimum absolute atomic E-state index is 0.0738. The molecule has 0 saturated heterocycles. The molecule has 0 fully saturated rings. The van der Waals surface area contributed by atoms with Gasteiger partial charge in [0.25, 0.3) is 0 Å². The molecule has 0 bridgehead atoms. The summed E-state index contributed by atoms with van der Waals surface area (Å²) in [6, 6.07) is 0. The fraction of sp³-hybridized carbons (Fsp3) is 0.455. The molecule has 92 valence electrons. The molecule has 1 aromatic rings. The number of hydrogen-bond donors (Lipinski definition) is 1. The first kappa shape index (κ1) is 13.1. The average Bonchev–Trinajstić information content (AvgIpc) is 2.64. The third-order valence-electron chi connectivity index (χ3n) is 1.97. The second-order valence-electron chi connectivity index (χ2n) is 4.04. The first-order valence-corrected chi connectivity index (χ1v) is 5.14. The third kappa shape index (κ3) is 3.82. The second kappa shape index (κ2) is 5.38. The summed E-state index contributed by atoms with van der Waals surface area (Å²) in [5.74, 6) is -2.78. The van der Waals surface area contributed by atoms with E-state index in [0.29, 0.717) is 18.2 Å². The summed E-state index contributed by atoms with van der Waals surface area (Å²) in [7, 11) is 0. The normalized spacial score (nSPS) is 10.5. The van der Waals surface area contributed by atoms with Crippen LogP contribution in [0.15, 0.2) is 10.6 Å². The van der Waals surface area contributed by atoms with Gasteiger partial charge in [-0.1, -0.05) is 13.8 Å². The van der Waals surface area contributed by atoms with Gasteiger partial charge in [0.1, 0.15) is 0 Å². The van der Waals surface area contributed by atoms with Crippen LogP contribution < -0.4 is 0 Å². The molecule has 1 heterocycles. The van der Waals surface area contributed by atoms with Gasteiger partial charge in [-0.2, -0.15) is 0 Å². The Morgan fingerprint density at radius 1 is 1.41 bits per heavy atom. The van der Waals surface area contributed by atoms with Crippen LogP contribution in [-0.4, -0.2) is 27.6 Å². The van der Waals surface area contributed by atoms with Crippen molar-refractivity contribution in [2.45, 2.75) is 26.7 Å². The van der Waals surface area contributed by atoms with E-state index < -0.39 is 24.0 Å². The van der Waals surface area contributed by atoms with E-state index >= 15 is 0 Å². The Kier molecular flexibility index (Phi) is 4.14. The van der Waals surface area contributed by atoms with Gasteiger partial charge in [0, 0.05) is 6.42 Å². The maximum Gasteiger partial charge on any atom is 0.372 e. The van der Waals surface area contributed by atoms with E-state index in [2.05, 4.69) is 4.98 Å². The lowest BCUT2D eigenvalue weighted by atomic mass is 10.1. The highest BCUT2D eigenvalue weighted by Crippen LogP contribution is 2.11. The van der Waals surface area contributed by atoms with Gasteiger partial charge in [-0.15, -0.1) is 0 Å². The van der Waals surface area contributed by atoms with Crippen molar-refractivity contribution in [3.8, 4) is 0 Å². The van der Waals surface area contributed by atoms with Crippen molar-refractivity contribution < 1.29 is 23.9 Å². The summed E-state index contributed by atoms with van der Waals surface area (Å²) < 4.78 is 5.13. The SMILES string of the molecule is CC(C)Cc1ncc(C(=O)CC(=O)C(=O)O)o1. The minimum atomic E-state index is -1.62. The zero-order valence-electron chi connectivity index (χ0n) is 9.60. The number of oxazole rings is 1. The smallest absolute Gasteiger partial charge is 0.372 e. The summed E-state index contributed by atoms with van der Waals surface area (Å²) in [6.45, 7) is 3.94. The Hall–Kier alpha value is -1.98. The highest BCUT2D eigenvalue weighted by molar-refractivity contribution is 6.37. The lowest BCUT2D eigenvalue weighted by molar-refractivity contribution is -0.148. The number of carboxylic acid groups (broad SMARTS) is 1. The molecule has 0 aliphatic carbocycles. The number of ketones is 2. The van der Waals surface area contributed by atoms with E-state index in [1.807, 2.05) is 13.8 Å². The van der Waals surface area contributed by atoms with Gasteiger partial charge in [-0.25, -0.2) is 9.78 Å². The van der Waals surface area contributed by atoms with Crippen LogP contribution in [0.5, 0.6) is 0 Å². The van der Waals surface area contributed by atoms with Gasteiger partial charge < -0.3 is 9.52 Å². The molecule has 0 aliphatic heterocycles. The molecular weight excluding hydrogens is 226 g/mol. The van der Waals surface area contributed by atoms with E-state index in [1.165, 1.54) is 6.20 Å². The van der Waals surface area contributed by atoms with Crippen LogP contribution in [0, 0.1) is 5.92 Å². The number of carbonyl (C=O) groups is 3.